The molecule has 3 nitrogen and oxygen atoms in total. The molecule has 2 aromatic carbocycles. The topological polar surface area (TPSA) is 41.1 Å². The number of carbonyl (C=O) groups excluding carboxylic acids is 1. The predicted octanol–water partition coefficient (Wildman–Crippen LogP) is 6.07. The summed E-state index contributed by atoms with van der Waals surface area (Å²) in [6.45, 7) is 16.5. The van der Waals surface area contributed by atoms with Gasteiger partial charge in [-0.3, -0.25) is 0 Å². The second-order valence-corrected chi connectivity index (χ2v) is 8.39. The van der Waals surface area contributed by atoms with Gasteiger partial charge in [0.2, 0.25) is 0 Å². The zero-order valence-electron chi connectivity index (χ0n) is 16.7. The third-order valence-electron chi connectivity index (χ3n) is 4.51. The zero-order chi connectivity index (χ0) is 19.5. The summed E-state index contributed by atoms with van der Waals surface area (Å²) >= 11 is 0. The van der Waals surface area contributed by atoms with Crippen molar-refractivity contribution in [3.63, 3.8) is 0 Å². The van der Waals surface area contributed by atoms with Gasteiger partial charge in [0.15, 0.2) is 0 Å². The molecule has 0 aliphatic heterocycles. The molecular weight excluding hydrogens is 320 g/mol. The Morgan fingerprint density at radius 2 is 1.54 bits per heavy atom. The van der Waals surface area contributed by atoms with Gasteiger partial charge in [-0.1, -0.05) is 63.3 Å². The van der Waals surface area contributed by atoms with Gasteiger partial charge < -0.3 is 10.6 Å². The van der Waals surface area contributed by atoms with Gasteiger partial charge in [-0.15, -0.1) is 0 Å². The van der Waals surface area contributed by atoms with E-state index < -0.39 is 5.54 Å². The third-order valence-corrected chi connectivity index (χ3v) is 4.51. The zero-order valence-corrected chi connectivity index (χ0v) is 16.7. The highest BCUT2D eigenvalue weighted by Crippen LogP contribution is 2.25. The number of hydrogen-bond donors (Lipinski definition) is 2. The molecule has 0 saturated carbocycles. The van der Waals surface area contributed by atoms with Crippen molar-refractivity contribution in [1.82, 2.24) is 5.32 Å². The molecule has 0 atom stereocenters. The molecule has 0 unspecified atom stereocenters. The number of carbonyl (C=O) groups is 1. The van der Waals surface area contributed by atoms with Crippen LogP contribution in [0.1, 0.15) is 58.2 Å². The van der Waals surface area contributed by atoms with Gasteiger partial charge in [0, 0.05) is 5.69 Å². The summed E-state index contributed by atoms with van der Waals surface area (Å²) < 4.78 is 0. The van der Waals surface area contributed by atoms with Gasteiger partial charge in [0.1, 0.15) is 0 Å². The normalized spacial score (nSPS) is 11.8. The molecule has 3 heteroatoms. The number of rotatable bonds is 4. The lowest BCUT2D eigenvalue weighted by Crippen LogP contribution is -2.43. The number of urea groups is 1. The average Bonchev–Trinajstić information content (AvgIpc) is 2.54. The fourth-order valence-electron chi connectivity index (χ4n) is 2.75. The Bertz CT molecular complexity index is 796. The summed E-state index contributed by atoms with van der Waals surface area (Å²) in [6.07, 6.45) is 0. The molecule has 2 N–H and O–H groups in total. The average molecular weight is 351 g/mol. The van der Waals surface area contributed by atoms with Crippen molar-refractivity contribution < 1.29 is 4.79 Å². The van der Waals surface area contributed by atoms with Crippen LogP contribution in [0.4, 0.5) is 10.5 Å². The minimum Gasteiger partial charge on any atom is -0.329 e. The number of anilines is 1. The van der Waals surface area contributed by atoms with E-state index in [9.17, 15) is 4.79 Å². The summed E-state index contributed by atoms with van der Waals surface area (Å²) in [6, 6.07) is 15.9. The van der Waals surface area contributed by atoms with E-state index in [2.05, 4.69) is 56.2 Å². The molecule has 0 saturated heterocycles. The molecule has 0 radical (unpaired) electrons. The molecule has 0 bridgehead atoms. The van der Waals surface area contributed by atoms with Crippen LogP contribution in [0.3, 0.4) is 0 Å². The third kappa shape index (κ3) is 4.98. The Kier molecular flexibility index (Phi) is 5.60. The van der Waals surface area contributed by atoms with E-state index in [1.165, 1.54) is 5.56 Å². The maximum atomic E-state index is 12.5. The van der Waals surface area contributed by atoms with Crippen LogP contribution in [0.15, 0.2) is 55.1 Å². The first-order valence-corrected chi connectivity index (χ1v) is 8.95. The molecule has 2 aromatic rings. The summed E-state index contributed by atoms with van der Waals surface area (Å²) in [4.78, 5) is 12.5. The first-order chi connectivity index (χ1) is 12.0. The number of amides is 2. The van der Waals surface area contributed by atoms with Gasteiger partial charge in [-0.2, -0.15) is 0 Å². The first-order valence-electron chi connectivity index (χ1n) is 8.95. The monoisotopic (exact) mass is 350 g/mol. The Morgan fingerprint density at radius 1 is 0.923 bits per heavy atom. The molecule has 26 heavy (non-hydrogen) atoms. The van der Waals surface area contributed by atoms with Crippen molar-refractivity contribution in [2.24, 2.45) is 0 Å². The molecule has 0 aliphatic carbocycles. The maximum Gasteiger partial charge on any atom is 0.319 e. The van der Waals surface area contributed by atoms with E-state index in [0.29, 0.717) is 0 Å². The van der Waals surface area contributed by atoms with Gasteiger partial charge in [0.25, 0.3) is 0 Å². The molecule has 2 rings (SSSR count). The fourth-order valence-corrected chi connectivity index (χ4v) is 2.75. The van der Waals surface area contributed by atoms with Crippen molar-refractivity contribution in [3.8, 4) is 0 Å². The standard InChI is InChI=1S/C23H30N2O/c1-16(2)17-9-8-10-19(15-17)23(6,7)25-21(26)24-20-13-11-18(12-14-20)22(3,4)5/h8-15H,1H2,2-7H3,(H2,24,25,26). The molecular formula is C23H30N2O. The molecule has 0 aromatic heterocycles. The number of hydrogen-bond acceptors (Lipinski definition) is 1. The van der Waals surface area contributed by atoms with Crippen LogP contribution in [-0.2, 0) is 11.0 Å². The van der Waals surface area contributed by atoms with Crippen molar-refractivity contribution in [1.29, 1.82) is 0 Å². The van der Waals surface area contributed by atoms with Crippen LogP contribution >= 0.6 is 0 Å². The molecule has 0 aliphatic rings. The second-order valence-electron chi connectivity index (χ2n) is 8.39. The highest BCUT2D eigenvalue weighted by molar-refractivity contribution is 5.89. The lowest BCUT2D eigenvalue weighted by molar-refractivity contribution is 0.242. The predicted molar refractivity (Wildman–Crippen MR) is 111 cm³/mol. The first kappa shape index (κ1) is 19.8. The minimum atomic E-state index is -0.499. The molecule has 0 fully saturated rings. The lowest BCUT2D eigenvalue weighted by atomic mass is 9.87. The van der Waals surface area contributed by atoms with Gasteiger partial charge in [-0.05, 0) is 61.1 Å². The van der Waals surface area contributed by atoms with Gasteiger partial charge in [-0.25, -0.2) is 4.79 Å². The van der Waals surface area contributed by atoms with Crippen LogP contribution in [-0.4, -0.2) is 6.03 Å². The molecule has 0 spiro atoms. The van der Waals surface area contributed by atoms with Crippen molar-refractivity contribution in [2.45, 2.75) is 52.5 Å². The summed E-state index contributed by atoms with van der Waals surface area (Å²) in [5.74, 6) is 0. The fraction of sp³-hybridized carbons (Fsp3) is 0.348. The summed E-state index contributed by atoms with van der Waals surface area (Å²) in [5.41, 5.74) is 4.73. The Hall–Kier alpha value is -2.55. The maximum absolute atomic E-state index is 12.5. The number of nitrogens with one attached hydrogen (secondary N) is 2. The van der Waals surface area contributed by atoms with E-state index in [-0.39, 0.29) is 11.4 Å². The highest BCUT2D eigenvalue weighted by atomic mass is 16.2. The number of benzene rings is 2. The van der Waals surface area contributed by atoms with E-state index in [1.807, 2.05) is 51.1 Å². The van der Waals surface area contributed by atoms with E-state index in [0.717, 1.165) is 22.4 Å². The molecule has 0 heterocycles. The Morgan fingerprint density at radius 3 is 2.08 bits per heavy atom. The largest absolute Gasteiger partial charge is 0.329 e. The van der Waals surface area contributed by atoms with E-state index in [4.69, 9.17) is 0 Å². The minimum absolute atomic E-state index is 0.0943. The van der Waals surface area contributed by atoms with Crippen molar-refractivity contribution >= 4 is 17.3 Å². The van der Waals surface area contributed by atoms with Crippen LogP contribution in [0.2, 0.25) is 0 Å². The molecule has 138 valence electrons. The van der Waals surface area contributed by atoms with Gasteiger partial charge >= 0.3 is 6.03 Å². The summed E-state index contributed by atoms with van der Waals surface area (Å²) in [5, 5.41) is 5.97. The van der Waals surface area contributed by atoms with E-state index >= 15 is 0 Å². The van der Waals surface area contributed by atoms with Gasteiger partial charge in [0.05, 0.1) is 5.54 Å². The Labute approximate surface area is 157 Å². The highest BCUT2D eigenvalue weighted by Gasteiger charge is 2.23. The molecule has 2 amide bonds. The van der Waals surface area contributed by atoms with Crippen LogP contribution in [0.5, 0.6) is 0 Å². The van der Waals surface area contributed by atoms with Crippen molar-refractivity contribution in [3.05, 3.63) is 71.8 Å². The quantitative estimate of drug-likeness (QED) is 0.690. The van der Waals surface area contributed by atoms with Crippen LogP contribution in [0.25, 0.3) is 5.57 Å². The number of allylic oxidation sites excluding steroid dienone is 1. The van der Waals surface area contributed by atoms with Crippen LogP contribution < -0.4 is 10.6 Å². The van der Waals surface area contributed by atoms with Crippen molar-refractivity contribution in [2.75, 3.05) is 5.32 Å². The van der Waals surface area contributed by atoms with Crippen LogP contribution in [0, 0.1) is 0 Å². The summed E-state index contributed by atoms with van der Waals surface area (Å²) in [7, 11) is 0. The van der Waals surface area contributed by atoms with E-state index in [1.54, 1.807) is 0 Å². The Balaban J connectivity index is 2.08. The smallest absolute Gasteiger partial charge is 0.319 e. The lowest BCUT2D eigenvalue weighted by Gasteiger charge is -2.27. The second kappa shape index (κ2) is 7.36. The SMILES string of the molecule is C=C(C)c1cccc(C(C)(C)NC(=O)Nc2ccc(C(C)(C)C)cc2)c1.